The van der Waals surface area contributed by atoms with Crippen LogP contribution in [0.25, 0.3) is 0 Å². The highest BCUT2D eigenvalue weighted by atomic mass is 16.5. The second kappa shape index (κ2) is 9.72. The molecule has 0 radical (unpaired) electrons. The minimum atomic E-state index is -1.40. The summed E-state index contributed by atoms with van der Waals surface area (Å²) in [5.41, 5.74) is 3.74. The van der Waals surface area contributed by atoms with Crippen LogP contribution in [-0.4, -0.2) is 54.7 Å². The summed E-state index contributed by atoms with van der Waals surface area (Å²) in [5.74, 6) is -0.0919. The van der Waals surface area contributed by atoms with Crippen LogP contribution in [0.4, 0.5) is 4.79 Å². The number of likely N-dealkylation sites (N-methyl/N-ethyl adjacent to an activating group) is 1. The Kier molecular flexibility index (Phi) is 6.54. The fourth-order valence-electron chi connectivity index (χ4n) is 5.84. The Balaban J connectivity index is 1.42. The van der Waals surface area contributed by atoms with Gasteiger partial charge < -0.3 is 15.0 Å². The topological polar surface area (TPSA) is 103 Å². The van der Waals surface area contributed by atoms with E-state index in [0.29, 0.717) is 23.4 Å². The standard InChI is InChI=1S/C30H33N5O4/c1-6-31-34(4)25-13-14-29(3,16-19(25)2)21-8-10-22(11-9-21)30(27(37)32-28(38)33-30)18-35-17-20-7-12-23(39-5)15-24(20)26(35)36/h6-15H,16-18H2,1-5H3,(H2,32,33,37,38)/b31-6+/t29?,30-/m0/s1. The molecule has 3 aliphatic rings. The predicted molar refractivity (Wildman–Crippen MR) is 148 cm³/mol. The molecule has 2 atom stereocenters. The van der Waals surface area contributed by atoms with Gasteiger partial charge in [0.05, 0.1) is 19.4 Å². The van der Waals surface area contributed by atoms with Crippen LogP contribution in [0.2, 0.25) is 0 Å². The van der Waals surface area contributed by atoms with E-state index in [1.54, 1.807) is 24.3 Å². The molecule has 0 spiro atoms. The molecule has 0 saturated carbocycles. The molecule has 5 rings (SSSR count). The molecule has 0 aromatic heterocycles. The molecule has 39 heavy (non-hydrogen) atoms. The summed E-state index contributed by atoms with van der Waals surface area (Å²) in [5, 5.41) is 11.4. The number of urea groups is 1. The molecule has 2 N–H and O–H groups in total. The average Bonchev–Trinajstić information content (AvgIpc) is 3.38. The molecule has 9 nitrogen and oxygen atoms in total. The Morgan fingerprint density at radius 3 is 2.46 bits per heavy atom. The van der Waals surface area contributed by atoms with Crippen LogP contribution in [0.1, 0.15) is 54.2 Å². The third kappa shape index (κ3) is 4.47. The van der Waals surface area contributed by atoms with Gasteiger partial charge in [-0.3, -0.25) is 19.9 Å². The van der Waals surface area contributed by atoms with E-state index in [-0.39, 0.29) is 17.9 Å². The highest BCUT2D eigenvalue weighted by Crippen LogP contribution is 2.39. The van der Waals surface area contributed by atoms with E-state index >= 15 is 0 Å². The number of ether oxygens (including phenoxy) is 1. The van der Waals surface area contributed by atoms with Crippen LogP contribution < -0.4 is 15.4 Å². The Labute approximate surface area is 228 Å². The summed E-state index contributed by atoms with van der Waals surface area (Å²) >= 11 is 0. The highest BCUT2D eigenvalue weighted by molar-refractivity contribution is 6.08. The summed E-state index contributed by atoms with van der Waals surface area (Å²) in [6.45, 7) is 6.53. The van der Waals surface area contributed by atoms with Crippen LogP contribution in [0, 0.1) is 0 Å². The van der Waals surface area contributed by atoms with E-state index in [1.807, 2.05) is 55.4 Å². The minimum Gasteiger partial charge on any atom is -0.497 e. The van der Waals surface area contributed by atoms with E-state index in [1.165, 1.54) is 5.57 Å². The van der Waals surface area contributed by atoms with Crippen LogP contribution in [0.5, 0.6) is 5.75 Å². The molecular formula is C30H33N5O4. The van der Waals surface area contributed by atoms with Crippen LogP contribution in [0.15, 0.2) is 71.0 Å². The summed E-state index contributed by atoms with van der Waals surface area (Å²) in [4.78, 5) is 40.4. The number of benzene rings is 2. The maximum absolute atomic E-state index is 13.3. The first-order valence-electron chi connectivity index (χ1n) is 12.9. The lowest BCUT2D eigenvalue weighted by atomic mass is 9.73. The van der Waals surface area contributed by atoms with Crippen molar-refractivity contribution in [1.82, 2.24) is 20.5 Å². The van der Waals surface area contributed by atoms with Gasteiger partial charge in [0, 0.05) is 30.8 Å². The first-order chi connectivity index (χ1) is 18.6. The van der Waals surface area contributed by atoms with Gasteiger partial charge in [0.15, 0.2) is 5.54 Å². The fourth-order valence-corrected chi connectivity index (χ4v) is 5.84. The number of imide groups is 1. The Morgan fingerprint density at radius 1 is 1.13 bits per heavy atom. The summed E-state index contributed by atoms with van der Waals surface area (Å²) < 4.78 is 5.27. The van der Waals surface area contributed by atoms with E-state index in [2.05, 4.69) is 41.7 Å². The van der Waals surface area contributed by atoms with Crippen molar-refractivity contribution in [2.24, 2.45) is 5.10 Å². The van der Waals surface area contributed by atoms with Crippen LogP contribution in [0.3, 0.4) is 0 Å². The maximum atomic E-state index is 13.3. The molecule has 2 aromatic rings. The second-order valence-electron chi connectivity index (χ2n) is 10.6. The third-order valence-electron chi connectivity index (χ3n) is 7.92. The number of allylic oxidation sites excluding steroid dienone is 3. The van der Waals surface area contributed by atoms with Gasteiger partial charge in [-0.1, -0.05) is 43.3 Å². The minimum absolute atomic E-state index is 0.00636. The monoisotopic (exact) mass is 527 g/mol. The normalized spacial score (nSPS) is 24.3. The number of carbonyl (C=O) groups excluding carboxylic acids is 3. The van der Waals surface area contributed by atoms with Gasteiger partial charge in [-0.15, -0.1) is 0 Å². The largest absolute Gasteiger partial charge is 0.497 e. The number of hydrogen-bond donors (Lipinski definition) is 2. The first kappa shape index (κ1) is 26.2. The highest BCUT2D eigenvalue weighted by Gasteiger charge is 2.50. The van der Waals surface area contributed by atoms with Gasteiger partial charge in [-0.2, -0.15) is 5.10 Å². The average molecular weight is 528 g/mol. The number of fused-ring (bicyclic) bond motifs is 1. The SMILES string of the molecule is C/C=N/N(C)C1=C(C)CC(C)(c2ccc([C@]3(CN4Cc5ccc(OC)cc5C4=O)NC(=O)NC3=O)cc2)C=C1. The van der Waals surface area contributed by atoms with Gasteiger partial charge in [-0.25, -0.2) is 4.79 Å². The van der Waals surface area contributed by atoms with Crippen LogP contribution in [-0.2, 0) is 22.3 Å². The molecule has 4 amide bonds. The molecule has 2 heterocycles. The molecule has 202 valence electrons. The number of hydrazone groups is 1. The zero-order chi connectivity index (χ0) is 27.9. The van der Waals surface area contributed by atoms with Crippen molar-refractivity contribution in [3.8, 4) is 5.75 Å². The molecule has 9 heteroatoms. The van der Waals surface area contributed by atoms with Crippen molar-refractivity contribution in [2.45, 2.75) is 44.7 Å². The van der Waals surface area contributed by atoms with E-state index in [9.17, 15) is 14.4 Å². The number of hydrogen-bond acceptors (Lipinski definition) is 6. The molecule has 1 unspecified atom stereocenters. The lowest BCUT2D eigenvalue weighted by molar-refractivity contribution is -0.124. The predicted octanol–water partition coefficient (Wildman–Crippen LogP) is 3.82. The summed E-state index contributed by atoms with van der Waals surface area (Å²) in [6, 6.07) is 12.5. The van der Waals surface area contributed by atoms with Crippen molar-refractivity contribution < 1.29 is 19.1 Å². The van der Waals surface area contributed by atoms with Crippen molar-refractivity contribution >= 4 is 24.1 Å². The zero-order valence-corrected chi connectivity index (χ0v) is 22.9. The number of amides is 4. The van der Waals surface area contributed by atoms with Crippen molar-refractivity contribution in [3.05, 3.63) is 88.1 Å². The summed E-state index contributed by atoms with van der Waals surface area (Å²) in [6.07, 6.45) is 6.85. The Hall–Kier alpha value is -4.40. The molecule has 1 aliphatic carbocycles. The molecular weight excluding hydrogens is 494 g/mol. The van der Waals surface area contributed by atoms with E-state index < -0.39 is 17.5 Å². The maximum Gasteiger partial charge on any atom is 0.322 e. The first-order valence-corrected chi connectivity index (χ1v) is 12.9. The van der Waals surface area contributed by atoms with Gasteiger partial charge in [0.2, 0.25) is 0 Å². The molecule has 1 fully saturated rings. The van der Waals surface area contributed by atoms with E-state index in [4.69, 9.17) is 4.74 Å². The molecule has 1 saturated heterocycles. The number of nitrogens with one attached hydrogen (secondary N) is 2. The van der Waals surface area contributed by atoms with Gasteiger partial charge in [-0.05, 0) is 60.7 Å². The number of rotatable bonds is 7. The Bertz CT molecular complexity index is 1440. The second-order valence-corrected chi connectivity index (χ2v) is 10.6. The molecule has 0 bridgehead atoms. The zero-order valence-electron chi connectivity index (χ0n) is 22.9. The molecule has 2 aliphatic heterocycles. The van der Waals surface area contributed by atoms with E-state index in [0.717, 1.165) is 23.2 Å². The van der Waals surface area contributed by atoms with Gasteiger partial charge in [0.25, 0.3) is 11.8 Å². The van der Waals surface area contributed by atoms with Gasteiger partial charge >= 0.3 is 6.03 Å². The molecule has 2 aromatic carbocycles. The quantitative estimate of drug-likeness (QED) is 0.324. The third-order valence-corrected chi connectivity index (χ3v) is 7.92. The Morgan fingerprint density at radius 2 is 1.85 bits per heavy atom. The fraction of sp³-hybridized carbons (Fsp3) is 0.333. The summed E-state index contributed by atoms with van der Waals surface area (Å²) in [7, 11) is 3.48. The number of carbonyl (C=O) groups is 3. The van der Waals surface area contributed by atoms with Crippen molar-refractivity contribution in [3.63, 3.8) is 0 Å². The lowest BCUT2D eigenvalue weighted by Crippen LogP contribution is -2.52. The van der Waals surface area contributed by atoms with Crippen LogP contribution >= 0.6 is 0 Å². The number of nitrogens with zero attached hydrogens (tertiary/aromatic N) is 3. The van der Waals surface area contributed by atoms with Crippen molar-refractivity contribution in [1.29, 1.82) is 0 Å². The smallest absolute Gasteiger partial charge is 0.322 e. The van der Waals surface area contributed by atoms with Gasteiger partial charge in [0.1, 0.15) is 5.75 Å². The number of methoxy groups -OCH3 is 1. The van der Waals surface area contributed by atoms with Crippen molar-refractivity contribution in [2.75, 3.05) is 20.7 Å². The lowest BCUT2D eigenvalue weighted by Gasteiger charge is -2.34.